The summed E-state index contributed by atoms with van der Waals surface area (Å²) >= 11 is 1.67. The number of likely N-dealkylation sites (N-methyl/N-ethyl adjacent to an activating group) is 1. The highest BCUT2D eigenvalue weighted by Crippen LogP contribution is 2.39. The molecule has 1 unspecified atom stereocenters. The highest BCUT2D eigenvalue weighted by Gasteiger charge is 2.34. The van der Waals surface area contributed by atoms with Crippen LogP contribution in [0.5, 0.6) is 0 Å². The molecule has 0 aliphatic carbocycles. The van der Waals surface area contributed by atoms with E-state index in [1.807, 2.05) is 24.0 Å². The minimum atomic E-state index is 0.0636. The van der Waals surface area contributed by atoms with E-state index in [0.717, 1.165) is 57.2 Å². The minimum absolute atomic E-state index is 0.0636. The molecule has 2 saturated heterocycles. The van der Waals surface area contributed by atoms with Crippen molar-refractivity contribution in [3.05, 3.63) is 23.7 Å². The van der Waals surface area contributed by atoms with Gasteiger partial charge in [0.15, 0.2) is 0 Å². The van der Waals surface area contributed by atoms with Crippen molar-refractivity contribution in [1.82, 2.24) is 14.7 Å². The Kier molecular flexibility index (Phi) is 5.10. The van der Waals surface area contributed by atoms with Crippen LogP contribution >= 0.6 is 11.8 Å². The van der Waals surface area contributed by atoms with Gasteiger partial charge in [-0.25, -0.2) is 0 Å². The molecule has 122 valence electrons. The number of furan rings is 1. The van der Waals surface area contributed by atoms with Gasteiger partial charge in [0.2, 0.25) is 5.91 Å². The van der Waals surface area contributed by atoms with Gasteiger partial charge in [-0.15, -0.1) is 11.8 Å². The summed E-state index contributed by atoms with van der Waals surface area (Å²) in [6.45, 7) is 8.41. The van der Waals surface area contributed by atoms with E-state index in [0.29, 0.717) is 5.75 Å². The zero-order valence-electron chi connectivity index (χ0n) is 13.5. The summed E-state index contributed by atoms with van der Waals surface area (Å²) in [5.74, 6) is 2.63. The Bertz CT molecular complexity index is 511. The molecule has 0 spiro atoms. The second-order valence-corrected chi connectivity index (χ2v) is 7.27. The first-order valence-electron chi connectivity index (χ1n) is 8.02. The van der Waals surface area contributed by atoms with Gasteiger partial charge in [-0.05, 0) is 39.1 Å². The maximum Gasteiger partial charge on any atom is 0.233 e. The number of carbonyl (C=O) groups excluding carboxylic acids is 1. The topological polar surface area (TPSA) is 39.9 Å². The van der Waals surface area contributed by atoms with E-state index in [1.54, 1.807) is 11.8 Å². The number of nitrogens with zero attached hydrogens (tertiary/aromatic N) is 3. The van der Waals surface area contributed by atoms with E-state index < -0.39 is 0 Å². The Labute approximate surface area is 136 Å². The van der Waals surface area contributed by atoms with Crippen LogP contribution in [0.25, 0.3) is 0 Å². The van der Waals surface area contributed by atoms with Crippen molar-refractivity contribution in [3.8, 4) is 0 Å². The number of carbonyl (C=O) groups is 1. The average Bonchev–Trinajstić information content (AvgIpc) is 3.08. The Morgan fingerprint density at radius 3 is 2.68 bits per heavy atom. The first-order valence-corrected chi connectivity index (χ1v) is 9.06. The fourth-order valence-electron chi connectivity index (χ4n) is 3.05. The molecule has 0 saturated carbocycles. The summed E-state index contributed by atoms with van der Waals surface area (Å²) in [5.41, 5.74) is 0. The van der Waals surface area contributed by atoms with Crippen LogP contribution in [-0.4, -0.2) is 72.7 Å². The van der Waals surface area contributed by atoms with Gasteiger partial charge < -0.3 is 19.1 Å². The van der Waals surface area contributed by atoms with Crippen LogP contribution in [0.3, 0.4) is 0 Å². The summed E-state index contributed by atoms with van der Waals surface area (Å²) in [4.78, 5) is 19.0. The summed E-state index contributed by atoms with van der Waals surface area (Å²) < 4.78 is 5.72. The Balaban J connectivity index is 1.50. The zero-order valence-corrected chi connectivity index (χ0v) is 14.3. The van der Waals surface area contributed by atoms with Crippen LogP contribution in [0.1, 0.15) is 23.3 Å². The second kappa shape index (κ2) is 7.06. The number of hydrogen-bond donors (Lipinski definition) is 0. The van der Waals surface area contributed by atoms with Crippen LogP contribution in [0.2, 0.25) is 0 Å². The van der Waals surface area contributed by atoms with Gasteiger partial charge in [-0.3, -0.25) is 4.79 Å². The van der Waals surface area contributed by atoms with E-state index in [-0.39, 0.29) is 11.3 Å². The third-order valence-electron chi connectivity index (χ3n) is 4.44. The number of piperazine rings is 1. The largest absolute Gasteiger partial charge is 0.463 e. The lowest BCUT2D eigenvalue weighted by atomic mass is 10.2. The van der Waals surface area contributed by atoms with Gasteiger partial charge in [-0.1, -0.05) is 0 Å². The van der Waals surface area contributed by atoms with Crippen molar-refractivity contribution < 1.29 is 9.21 Å². The van der Waals surface area contributed by atoms with Crippen molar-refractivity contribution in [2.24, 2.45) is 0 Å². The molecule has 22 heavy (non-hydrogen) atoms. The molecule has 1 aromatic rings. The van der Waals surface area contributed by atoms with Gasteiger partial charge in [-0.2, -0.15) is 0 Å². The summed E-state index contributed by atoms with van der Waals surface area (Å²) in [5, 5.41) is 0.0636. The van der Waals surface area contributed by atoms with E-state index in [4.69, 9.17) is 4.42 Å². The lowest BCUT2D eigenvalue weighted by Gasteiger charge is -2.33. The highest BCUT2D eigenvalue weighted by molar-refractivity contribution is 8.00. The van der Waals surface area contributed by atoms with Crippen LogP contribution in [0.4, 0.5) is 0 Å². The monoisotopic (exact) mass is 323 g/mol. The van der Waals surface area contributed by atoms with Gasteiger partial charge in [0.1, 0.15) is 16.9 Å². The maximum atomic E-state index is 12.1. The third kappa shape index (κ3) is 3.67. The van der Waals surface area contributed by atoms with Crippen molar-refractivity contribution >= 4 is 17.7 Å². The molecular weight excluding hydrogens is 298 g/mol. The zero-order chi connectivity index (χ0) is 15.5. The first-order chi connectivity index (χ1) is 10.6. The fraction of sp³-hybridized carbons (Fsp3) is 0.688. The van der Waals surface area contributed by atoms with E-state index in [2.05, 4.69) is 16.8 Å². The molecule has 2 fully saturated rings. The molecular formula is C16H25N3O2S. The van der Waals surface area contributed by atoms with Crippen LogP contribution in [0, 0.1) is 6.92 Å². The quantitative estimate of drug-likeness (QED) is 0.826. The standard InChI is InChI=1S/C16H25N3O2S/c1-13-4-5-14(21-13)16-19(15(20)12-22-16)7-3-6-18-10-8-17(2)9-11-18/h4-5,16H,3,6-12H2,1-2H3. The maximum absolute atomic E-state index is 12.1. The number of aryl methyl sites for hydroxylation is 1. The molecule has 2 aliphatic heterocycles. The number of thioether (sulfide) groups is 1. The smallest absolute Gasteiger partial charge is 0.233 e. The summed E-state index contributed by atoms with van der Waals surface area (Å²) in [6.07, 6.45) is 1.03. The molecule has 2 aliphatic rings. The fourth-order valence-corrected chi connectivity index (χ4v) is 4.21. The third-order valence-corrected chi connectivity index (χ3v) is 5.66. The minimum Gasteiger partial charge on any atom is -0.463 e. The molecule has 1 aromatic heterocycles. The average molecular weight is 323 g/mol. The molecule has 0 radical (unpaired) electrons. The number of rotatable bonds is 5. The predicted octanol–water partition coefficient (Wildman–Crippen LogP) is 1.80. The van der Waals surface area contributed by atoms with Crippen LogP contribution < -0.4 is 0 Å². The molecule has 0 N–H and O–H groups in total. The molecule has 1 atom stereocenters. The Morgan fingerprint density at radius 1 is 1.23 bits per heavy atom. The second-order valence-electron chi connectivity index (χ2n) is 6.20. The van der Waals surface area contributed by atoms with Crippen molar-refractivity contribution in [3.63, 3.8) is 0 Å². The van der Waals surface area contributed by atoms with Gasteiger partial charge >= 0.3 is 0 Å². The van der Waals surface area contributed by atoms with E-state index in [1.165, 1.54) is 0 Å². The lowest BCUT2D eigenvalue weighted by molar-refractivity contribution is -0.128. The highest BCUT2D eigenvalue weighted by atomic mass is 32.2. The van der Waals surface area contributed by atoms with Gasteiger partial charge in [0.05, 0.1) is 5.75 Å². The summed E-state index contributed by atoms with van der Waals surface area (Å²) in [7, 11) is 2.17. The molecule has 6 heteroatoms. The van der Waals surface area contributed by atoms with Gasteiger partial charge in [0.25, 0.3) is 0 Å². The van der Waals surface area contributed by atoms with Crippen LogP contribution in [-0.2, 0) is 4.79 Å². The number of amides is 1. The molecule has 3 heterocycles. The van der Waals surface area contributed by atoms with Crippen LogP contribution in [0.15, 0.2) is 16.5 Å². The first kappa shape index (κ1) is 15.9. The molecule has 0 aromatic carbocycles. The Hall–Kier alpha value is -0.980. The van der Waals surface area contributed by atoms with Crippen molar-refractivity contribution in [2.45, 2.75) is 18.7 Å². The van der Waals surface area contributed by atoms with Crippen molar-refractivity contribution in [1.29, 1.82) is 0 Å². The summed E-state index contributed by atoms with van der Waals surface area (Å²) in [6, 6.07) is 3.97. The molecule has 0 bridgehead atoms. The van der Waals surface area contributed by atoms with E-state index >= 15 is 0 Å². The van der Waals surface area contributed by atoms with Crippen molar-refractivity contribution in [2.75, 3.05) is 52.1 Å². The normalized spacial score (nSPS) is 24.4. The van der Waals surface area contributed by atoms with Gasteiger partial charge in [0, 0.05) is 32.7 Å². The molecule has 1 amide bonds. The SMILES string of the molecule is Cc1ccc(C2SCC(=O)N2CCCN2CCN(C)CC2)o1. The van der Waals surface area contributed by atoms with E-state index in [9.17, 15) is 4.79 Å². The molecule has 5 nitrogen and oxygen atoms in total. The molecule has 3 rings (SSSR count). The lowest BCUT2D eigenvalue weighted by Crippen LogP contribution is -2.45. The predicted molar refractivity (Wildman–Crippen MR) is 88.9 cm³/mol. The Morgan fingerprint density at radius 2 is 2.00 bits per heavy atom. The number of hydrogen-bond acceptors (Lipinski definition) is 5.